The third-order valence-electron chi connectivity index (χ3n) is 3.86. The second-order valence-corrected chi connectivity index (χ2v) is 6.07. The summed E-state index contributed by atoms with van der Waals surface area (Å²) in [5.74, 6) is 1.11. The number of aromatic nitrogens is 2. The van der Waals surface area contributed by atoms with Gasteiger partial charge >= 0.3 is 0 Å². The fraction of sp³-hybridized carbons (Fsp3) is 0.200. The van der Waals surface area contributed by atoms with Crippen molar-refractivity contribution in [3.05, 3.63) is 65.1 Å². The molecule has 2 aromatic carbocycles. The molecule has 0 aliphatic carbocycles. The Kier molecular flexibility index (Phi) is 3.53. The summed E-state index contributed by atoms with van der Waals surface area (Å²) >= 11 is 5.98. The largest absolute Gasteiger partial charge is 0.457 e. The van der Waals surface area contributed by atoms with E-state index in [0.717, 1.165) is 5.56 Å². The third kappa shape index (κ3) is 3.95. The molecule has 26 heavy (non-hydrogen) atoms. The molecular weight excluding hydrogens is 350 g/mol. The summed E-state index contributed by atoms with van der Waals surface area (Å²) in [4.78, 5) is 15.9. The van der Waals surface area contributed by atoms with E-state index in [1.807, 2.05) is 0 Å². The fourth-order valence-corrected chi connectivity index (χ4v) is 2.68. The van der Waals surface area contributed by atoms with E-state index in [1.54, 1.807) is 60.3 Å². The van der Waals surface area contributed by atoms with Crippen LogP contribution in [-0.2, 0) is 13.6 Å². The molecule has 1 aromatic heterocycles. The molecule has 0 amide bonds. The van der Waals surface area contributed by atoms with Crippen LogP contribution in [0.25, 0.3) is 11.3 Å². The summed E-state index contributed by atoms with van der Waals surface area (Å²) in [5, 5.41) is 0.438. The van der Waals surface area contributed by atoms with E-state index < -0.39 is 14.0 Å². The highest BCUT2D eigenvalue weighted by Crippen LogP contribution is 2.29. The molecule has 6 heteroatoms. The molecule has 1 heterocycles. The van der Waals surface area contributed by atoms with Crippen molar-refractivity contribution >= 4 is 17.9 Å². The lowest BCUT2D eigenvalue weighted by atomic mass is 10.1. The minimum absolute atomic E-state index is 0.294. The Morgan fingerprint density at radius 3 is 2.73 bits per heavy atom. The van der Waals surface area contributed by atoms with Gasteiger partial charge in [0.1, 0.15) is 17.3 Å². The smallest absolute Gasteiger partial charge is 0.153 e. The van der Waals surface area contributed by atoms with E-state index in [0.29, 0.717) is 44.8 Å². The van der Waals surface area contributed by atoms with Gasteiger partial charge in [-0.15, -0.1) is 0 Å². The zero-order valence-corrected chi connectivity index (χ0v) is 14.7. The Hall–Kier alpha value is -2.63. The molecule has 0 radical (unpaired) electrons. The number of hydrogen-bond acceptors (Lipinski definition) is 4. The maximum Gasteiger partial charge on any atom is 0.153 e. The van der Waals surface area contributed by atoms with Crippen molar-refractivity contribution in [3.63, 3.8) is 0 Å². The van der Waals surface area contributed by atoms with Gasteiger partial charge in [0.25, 0.3) is 0 Å². The Bertz CT molecular complexity index is 1100. The molecule has 0 aliphatic heterocycles. The molecule has 3 aromatic rings. The zero-order valence-electron chi connectivity index (χ0n) is 19.9. The molecule has 0 saturated carbocycles. The normalized spacial score (nSPS) is 15.3. The van der Waals surface area contributed by atoms with E-state index in [9.17, 15) is 4.79 Å². The minimum atomic E-state index is -2.79. The van der Waals surface area contributed by atoms with Crippen LogP contribution in [0.15, 0.2) is 48.7 Å². The van der Waals surface area contributed by atoms with Crippen molar-refractivity contribution in [1.82, 2.24) is 14.5 Å². The van der Waals surface area contributed by atoms with Crippen molar-refractivity contribution in [3.8, 4) is 22.8 Å². The van der Waals surface area contributed by atoms with Crippen LogP contribution in [0, 0.1) is 0 Å². The van der Waals surface area contributed by atoms with Gasteiger partial charge in [-0.3, -0.25) is 4.79 Å². The van der Waals surface area contributed by atoms with Crippen LogP contribution in [0.4, 0.5) is 0 Å². The van der Waals surface area contributed by atoms with E-state index in [4.69, 9.17) is 24.6 Å². The van der Waals surface area contributed by atoms with Crippen molar-refractivity contribution < 1.29 is 17.8 Å². The van der Waals surface area contributed by atoms with Gasteiger partial charge in [0.15, 0.2) is 6.29 Å². The van der Waals surface area contributed by atoms with E-state index in [-0.39, 0.29) is 6.54 Å². The number of halogens is 1. The number of hydrogen-bond donors (Lipinski definition) is 0. The van der Waals surface area contributed by atoms with Crippen LogP contribution in [0.5, 0.6) is 11.5 Å². The Balaban J connectivity index is 1.83. The van der Waals surface area contributed by atoms with Crippen molar-refractivity contribution in [2.24, 2.45) is 7.05 Å². The maximum absolute atomic E-state index is 11.2. The van der Waals surface area contributed by atoms with Crippen LogP contribution in [0.2, 0.25) is 5.02 Å². The van der Waals surface area contributed by atoms with Gasteiger partial charge in [-0.1, -0.05) is 11.6 Å². The lowest BCUT2D eigenvalue weighted by Gasteiger charge is -2.11. The first kappa shape index (κ1) is 11.9. The van der Waals surface area contributed by atoms with E-state index in [1.165, 1.54) is 0 Å². The van der Waals surface area contributed by atoms with E-state index in [2.05, 4.69) is 4.98 Å². The van der Waals surface area contributed by atoms with Crippen molar-refractivity contribution in [2.75, 3.05) is 14.0 Å². The number of ether oxygens (including phenoxy) is 1. The fourth-order valence-electron chi connectivity index (χ4n) is 2.52. The monoisotopic (exact) mass is 375 g/mol. The Morgan fingerprint density at radius 1 is 1.27 bits per heavy atom. The lowest BCUT2D eigenvalue weighted by molar-refractivity contribution is 0.112. The summed E-state index contributed by atoms with van der Waals surface area (Å²) in [6, 6.07) is 11.7. The number of nitrogens with zero attached hydrogens (tertiary/aromatic N) is 3. The second-order valence-electron chi connectivity index (χ2n) is 5.63. The van der Waals surface area contributed by atoms with Gasteiger partial charge in [-0.2, -0.15) is 0 Å². The van der Waals surface area contributed by atoms with Gasteiger partial charge in [0.05, 0.1) is 24.0 Å². The highest BCUT2D eigenvalue weighted by atomic mass is 35.5. The van der Waals surface area contributed by atoms with Crippen LogP contribution >= 0.6 is 11.6 Å². The van der Waals surface area contributed by atoms with Gasteiger partial charge in [-0.25, -0.2) is 4.98 Å². The number of rotatable bonds is 6. The van der Waals surface area contributed by atoms with Crippen molar-refractivity contribution in [1.29, 1.82) is 0 Å². The molecule has 0 saturated heterocycles. The molecular formula is C20H20ClN3O2. The highest BCUT2D eigenvalue weighted by Gasteiger charge is 2.10. The molecule has 0 N–H and O–H groups in total. The van der Waals surface area contributed by atoms with Crippen LogP contribution in [-0.4, -0.2) is 34.7 Å². The minimum Gasteiger partial charge on any atom is -0.457 e. The maximum atomic E-state index is 11.2. The zero-order chi connectivity index (χ0) is 23.7. The molecule has 0 bridgehead atoms. The van der Waals surface area contributed by atoms with Crippen LogP contribution < -0.4 is 4.74 Å². The Labute approximate surface area is 166 Å². The average molecular weight is 376 g/mol. The SMILES string of the molecule is [2H]C([2H])([2H])N(Cc1ncc(-c2ccc(Oc3cc(Cl)ccc3C=O)cc2)n1C)C([2H])([2H])[2H]. The summed E-state index contributed by atoms with van der Waals surface area (Å²) in [7, 11) is 1.68. The summed E-state index contributed by atoms with van der Waals surface area (Å²) in [6.45, 7) is -5.96. The quantitative estimate of drug-likeness (QED) is 0.599. The molecule has 5 nitrogen and oxygen atoms in total. The number of imidazole rings is 1. The van der Waals surface area contributed by atoms with Gasteiger partial charge in [0, 0.05) is 31.9 Å². The molecule has 0 unspecified atom stereocenters. The second kappa shape index (κ2) is 7.72. The van der Waals surface area contributed by atoms with E-state index >= 15 is 0 Å². The molecule has 0 spiro atoms. The number of aldehydes is 1. The predicted molar refractivity (Wildman–Crippen MR) is 103 cm³/mol. The van der Waals surface area contributed by atoms with Gasteiger partial charge < -0.3 is 14.2 Å². The average Bonchev–Trinajstić information content (AvgIpc) is 3.05. The van der Waals surface area contributed by atoms with Crippen LogP contribution in [0.3, 0.4) is 0 Å². The molecule has 0 aliphatic rings. The number of carbonyl (C=O) groups excluding carboxylic acids is 1. The standard InChI is InChI=1S/C20H20ClN3O2/c1-23(2)12-20-22-11-18(24(20)3)14-5-8-17(9-6-14)26-19-10-16(21)7-4-15(19)13-25/h4-11,13H,12H2,1-3H3/i1D3,2D3. The molecule has 134 valence electrons. The molecule has 0 atom stereocenters. The summed E-state index contributed by atoms with van der Waals surface area (Å²) < 4.78 is 52.5. The molecule has 3 rings (SSSR count). The molecule has 0 fully saturated rings. The highest BCUT2D eigenvalue weighted by molar-refractivity contribution is 6.30. The third-order valence-corrected chi connectivity index (χ3v) is 4.10. The number of benzene rings is 2. The number of carbonyl (C=O) groups is 1. The summed E-state index contributed by atoms with van der Waals surface area (Å²) in [6.07, 6.45) is 2.23. The van der Waals surface area contributed by atoms with Crippen molar-refractivity contribution in [2.45, 2.75) is 6.54 Å². The first-order valence-corrected chi connectivity index (χ1v) is 8.09. The van der Waals surface area contributed by atoms with Crippen LogP contribution in [0.1, 0.15) is 24.4 Å². The first-order chi connectivity index (χ1) is 14.9. The summed E-state index contributed by atoms with van der Waals surface area (Å²) in [5.41, 5.74) is 1.79. The van der Waals surface area contributed by atoms with Gasteiger partial charge in [-0.05, 0) is 50.3 Å². The lowest BCUT2D eigenvalue weighted by Crippen LogP contribution is -2.14. The predicted octanol–water partition coefficient (Wildman–Crippen LogP) is 4.41. The first-order valence-electron chi connectivity index (χ1n) is 10.7. The van der Waals surface area contributed by atoms with Gasteiger partial charge in [0.2, 0.25) is 0 Å². The topological polar surface area (TPSA) is 47.4 Å². The Morgan fingerprint density at radius 2 is 2.04 bits per heavy atom.